The Balaban J connectivity index is 1.94. The van der Waals surface area contributed by atoms with Crippen molar-refractivity contribution in [2.75, 3.05) is 19.0 Å². The van der Waals surface area contributed by atoms with E-state index in [0.29, 0.717) is 12.6 Å². The van der Waals surface area contributed by atoms with E-state index in [1.807, 2.05) is 43.3 Å². The Labute approximate surface area is 122 Å². The highest BCUT2D eigenvalue weighted by Crippen LogP contribution is 2.14. The average molecular weight is 294 g/mol. The van der Waals surface area contributed by atoms with Crippen molar-refractivity contribution in [2.45, 2.75) is 13.1 Å². The maximum Gasteiger partial charge on any atom is 0.161 e. The third-order valence-electron chi connectivity index (χ3n) is 3.19. The lowest BCUT2D eigenvalue weighted by molar-refractivity contribution is 0.487. The molecule has 21 heavy (non-hydrogen) atoms. The van der Waals surface area contributed by atoms with Crippen molar-refractivity contribution >= 4 is 5.69 Å². The minimum Gasteiger partial charge on any atom is -0.378 e. The molecule has 0 aliphatic rings. The minimum absolute atomic E-state index is 0.110. The van der Waals surface area contributed by atoms with Gasteiger partial charge < -0.3 is 10.2 Å². The van der Waals surface area contributed by atoms with Gasteiger partial charge in [-0.25, -0.2) is 13.2 Å². The van der Waals surface area contributed by atoms with Gasteiger partial charge in [-0.05, 0) is 23.8 Å². The summed E-state index contributed by atoms with van der Waals surface area (Å²) in [5.74, 6) is -2.96. The van der Waals surface area contributed by atoms with Gasteiger partial charge >= 0.3 is 0 Å². The Morgan fingerprint density at radius 1 is 0.857 bits per heavy atom. The normalized spacial score (nSPS) is 10.7. The SMILES string of the molecule is CN(C)c1ccc(CNCc2cc(F)c(F)cc2F)cc1. The zero-order valence-electron chi connectivity index (χ0n) is 12.0. The highest BCUT2D eigenvalue weighted by molar-refractivity contribution is 5.45. The molecule has 0 aromatic heterocycles. The molecule has 2 aromatic carbocycles. The van der Waals surface area contributed by atoms with Crippen LogP contribution < -0.4 is 10.2 Å². The van der Waals surface area contributed by atoms with E-state index < -0.39 is 17.5 Å². The van der Waals surface area contributed by atoms with Crippen LogP contribution in [0.3, 0.4) is 0 Å². The molecule has 0 saturated heterocycles. The molecule has 0 aliphatic heterocycles. The van der Waals surface area contributed by atoms with Crippen LogP contribution in [0.4, 0.5) is 18.9 Å². The fourth-order valence-corrected chi connectivity index (χ4v) is 1.95. The molecular formula is C16H17F3N2. The molecule has 1 N–H and O–H groups in total. The van der Waals surface area contributed by atoms with E-state index >= 15 is 0 Å². The van der Waals surface area contributed by atoms with Gasteiger partial charge in [-0.1, -0.05) is 12.1 Å². The standard InChI is InChI=1S/C16H17F3N2/c1-21(2)13-5-3-11(4-6-13)9-20-10-12-7-15(18)16(19)8-14(12)17/h3-8,20H,9-10H2,1-2H3. The van der Waals surface area contributed by atoms with Crippen molar-refractivity contribution in [1.29, 1.82) is 0 Å². The maximum absolute atomic E-state index is 13.4. The van der Waals surface area contributed by atoms with E-state index in [9.17, 15) is 13.2 Å². The topological polar surface area (TPSA) is 15.3 Å². The Morgan fingerprint density at radius 3 is 2.10 bits per heavy atom. The monoisotopic (exact) mass is 294 g/mol. The molecule has 0 atom stereocenters. The molecule has 112 valence electrons. The van der Waals surface area contributed by atoms with Crippen molar-refractivity contribution in [3.63, 3.8) is 0 Å². The molecule has 0 bridgehead atoms. The van der Waals surface area contributed by atoms with Gasteiger partial charge in [0.15, 0.2) is 11.6 Å². The number of hydrogen-bond donors (Lipinski definition) is 1. The van der Waals surface area contributed by atoms with Gasteiger partial charge in [0.05, 0.1) is 0 Å². The Bertz CT molecular complexity index is 610. The van der Waals surface area contributed by atoms with Gasteiger partial charge in [0.25, 0.3) is 0 Å². The molecule has 0 amide bonds. The van der Waals surface area contributed by atoms with E-state index in [2.05, 4.69) is 5.32 Å². The summed E-state index contributed by atoms with van der Waals surface area (Å²) in [5.41, 5.74) is 2.23. The highest BCUT2D eigenvalue weighted by Gasteiger charge is 2.09. The molecule has 5 heteroatoms. The van der Waals surface area contributed by atoms with Gasteiger partial charge in [-0.3, -0.25) is 0 Å². The third-order valence-corrected chi connectivity index (χ3v) is 3.19. The smallest absolute Gasteiger partial charge is 0.161 e. The second-order valence-electron chi connectivity index (χ2n) is 5.02. The first-order chi connectivity index (χ1) is 9.97. The zero-order valence-corrected chi connectivity index (χ0v) is 12.0. The van der Waals surface area contributed by atoms with Crippen LogP contribution in [-0.4, -0.2) is 14.1 Å². The first-order valence-corrected chi connectivity index (χ1v) is 6.58. The van der Waals surface area contributed by atoms with E-state index in [0.717, 1.165) is 17.3 Å². The van der Waals surface area contributed by atoms with Crippen molar-refractivity contribution in [2.24, 2.45) is 0 Å². The van der Waals surface area contributed by atoms with Crippen LogP contribution in [0.2, 0.25) is 0 Å². The van der Waals surface area contributed by atoms with Gasteiger partial charge in [0, 0.05) is 44.5 Å². The van der Waals surface area contributed by atoms with Crippen LogP contribution >= 0.6 is 0 Å². The largest absolute Gasteiger partial charge is 0.378 e. The van der Waals surface area contributed by atoms with E-state index in [1.165, 1.54) is 0 Å². The fraction of sp³-hybridized carbons (Fsp3) is 0.250. The minimum atomic E-state index is -1.17. The van der Waals surface area contributed by atoms with Crippen molar-refractivity contribution in [3.8, 4) is 0 Å². The van der Waals surface area contributed by atoms with Gasteiger partial charge in [0.2, 0.25) is 0 Å². The van der Waals surface area contributed by atoms with Crippen molar-refractivity contribution < 1.29 is 13.2 Å². The molecule has 0 aliphatic carbocycles. The number of halogens is 3. The first-order valence-electron chi connectivity index (χ1n) is 6.58. The number of nitrogens with one attached hydrogen (secondary N) is 1. The van der Waals surface area contributed by atoms with Crippen LogP contribution in [0.5, 0.6) is 0 Å². The molecule has 0 saturated carbocycles. The number of anilines is 1. The summed E-state index contributed by atoms with van der Waals surface area (Å²) in [4.78, 5) is 1.99. The third kappa shape index (κ3) is 3.98. The Morgan fingerprint density at radius 2 is 1.48 bits per heavy atom. The van der Waals surface area contributed by atoms with Crippen LogP contribution in [0.25, 0.3) is 0 Å². The zero-order chi connectivity index (χ0) is 15.4. The average Bonchev–Trinajstić information content (AvgIpc) is 2.45. The quantitative estimate of drug-likeness (QED) is 0.850. The van der Waals surface area contributed by atoms with Gasteiger partial charge in [-0.2, -0.15) is 0 Å². The molecular weight excluding hydrogens is 277 g/mol. The molecule has 2 rings (SSSR count). The predicted molar refractivity (Wildman–Crippen MR) is 77.6 cm³/mol. The molecule has 0 radical (unpaired) electrons. The summed E-state index contributed by atoms with van der Waals surface area (Å²) in [5, 5.41) is 3.01. The first kappa shape index (κ1) is 15.4. The Kier molecular flexibility index (Phi) is 4.85. The maximum atomic E-state index is 13.4. The predicted octanol–water partition coefficient (Wildman–Crippen LogP) is 3.46. The van der Waals surface area contributed by atoms with Crippen LogP contribution in [0.1, 0.15) is 11.1 Å². The van der Waals surface area contributed by atoms with Gasteiger partial charge in [0.1, 0.15) is 5.82 Å². The van der Waals surface area contributed by atoms with Crippen molar-refractivity contribution in [1.82, 2.24) is 5.32 Å². The molecule has 0 heterocycles. The van der Waals surface area contributed by atoms with Crippen LogP contribution in [-0.2, 0) is 13.1 Å². The summed E-state index contributed by atoms with van der Waals surface area (Å²) < 4.78 is 39.3. The lowest BCUT2D eigenvalue weighted by Gasteiger charge is -2.13. The molecule has 0 spiro atoms. The molecule has 2 aromatic rings. The summed E-state index contributed by atoms with van der Waals surface area (Å²) in [6.45, 7) is 0.657. The molecule has 2 nitrogen and oxygen atoms in total. The number of nitrogens with zero attached hydrogens (tertiary/aromatic N) is 1. The van der Waals surface area contributed by atoms with E-state index in [4.69, 9.17) is 0 Å². The van der Waals surface area contributed by atoms with Crippen LogP contribution in [0, 0.1) is 17.5 Å². The van der Waals surface area contributed by atoms with Crippen molar-refractivity contribution in [3.05, 3.63) is 65.0 Å². The number of hydrogen-bond acceptors (Lipinski definition) is 2. The second kappa shape index (κ2) is 6.63. The summed E-state index contributed by atoms with van der Waals surface area (Å²) in [6, 6.07) is 9.34. The number of benzene rings is 2. The fourth-order valence-electron chi connectivity index (χ4n) is 1.95. The lowest BCUT2D eigenvalue weighted by Crippen LogP contribution is -2.14. The van der Waals surface area contributed by atoms with Crippen LogP contribution in [0.15, 0.2) is 36.4 Å². The number of rotatable bonds is 5. The highest BCUT2D eigenvalue weighted by atomic mass is 19.2. The molecule has 0 fully saturated rings. The second-order valence-corrected chi connectivity index (χ2v) is 5.02. The Hall–Kier alpha value is -2.01. The summed E-state index contributed by atoms with van der Waals surface area (Å²) in [6.07, 6.45) is 0. The summed E-state index contributed by atoms with van der Waals surface area (Å²) >= 11 is 0. The van der Waals surface area contributed by atoms with E-state index in [1.54, 1.807) is 0 Å². The summed E-state index contributed by atoms with van der Waals surface area (Å²) in [7, 11) is 3.91. The lowest BCUT2D eigenvalue weighted by atomic mass is 10.1. The molecule has 0 unspecified atom stereocenters. The van der Waals surface area contributed by atoms with E-state index in [-0.39, 0.29) is 12.1 Å². The van der Waals surface area contributed by atoms with Gasteiger partial charge in [-0.15, -0.1) is 0 Å².